The van der Waals surface area contributed by atoms with Crippen LogP contribution in [-0.4, -0.2) is 11.6 Å². The van der Waals surface area contributed by atoms with Crippen molar-refractivity contribution >= 4 is 5.97 Å². The molecule has 0 fully saturated rings. The third kappa shape index (κ3) is 6.32. The van der Waals surface area contributed by atoms with Crippen molar-refractivity contribution in [2.75, 3.05) is 0 Å². The highest BCUT2D eigenvalue weighted by atomic mass is 16.6. The zero-order chi connectivity index (χ0) is 12.1. The summed E-state index contributed by atoms with van der Waals surface area (Å²) in [6, 6.07) is 0. The molecule has 0 aliphatic rings. The Bertz CT molecular complexity index is 227. The van der Waals surface area contributed by atoms with Crippen molar-refractivity contribution < 1.29 is 9.53 Å². The van der Waals surface area contributed by atoms with Gasteiger partial charge < -0.3 is 4.74 Å². The lowest BCUT2D eigenvalue weighted by Crippen LogP contribution is -2.29. The Labute approximate surface area is 93.7 Å². The minimum absolute atomic E-state index is 0.258. The lowest BCUT2D eigenvalue weighted by Gasteiger charge is -2.26. The number of ether oxygens (including phenoxy) is 1. The molecule has 0 rings (SSSR count). The summed E-state index contributed by atoms with van der Waals surface area (Å²) in [5.41, 5.74) is 0.173. The van der Waals surface area contributed by atoms with Crippen molar-refractivity contribution in [3.63, 3.8) is 0 Å². The van der Waals surface area contributed by atoms with Crippen LogP contribution in [0.3, 0.4) is 0 Å². The number of carbonyl (C=O) groups is 1. The first kappa shape index (κ1) is 14.2. The molecule has 0 N–H and O–H groups in total. The average Bonchev–Trinajstić information content (AvgIpc) is 2.13. The highest BCUT2D eigenvalue weighted by molar-refractivity contribution is 5.87. The molecular formula is C13H24O2. The third-order valence-corrected chi connectivity index (χ3v) is 2.41. The lowest BCUT2D eigenvalue weighted by molar-refractivity contribution is -0.152. The van der Waals surface area contributed by atoms with Crippen molar-refractivity contribution in [2.45, 2.75) is 59.5 Å². The van der Waals surface area contributed by atoms with Gasteiger partial charge in [0.2, 0.25) is 0 Å². The Hall–Kier alpha value is -0.790. The molecule has 0 aliphatic carbocycles. The van der Waals surface area contributed by atoms with E-state index in [0.29, 0.717) is 17.9 Å². The van der Waals surface area contributed by atoms with E-state index in [2.05, 4.69) is 20.4 Å². The van der Waals surface area contributed by atoms with Crippen molar-refractivity contribution in [1.29, 1.82) is 0 Å². The van der Waals surface area contributed by atoms with E-state index < -0.39 is 0 Å². The van der Waals surface area contributed by atoms with Crippen molar-refractivity contribution in [3.8, 4) is 0 Å². The fourth-order valence-corrected chi connectivity index (χ4v) is 1.15. The van der Waals surface area contributed by atoms with Gasteiger partial charge in [0.25, 0.3) is 0 Å². The predicted octanol–water partition coefficient (Wildman–Crippen LogP) is 3.71. The Morgan fingerprint density at radius 2 is 1.93 bits per heavy atom. The molecule has 0 heterocycles. The van der Waals surface area contributed by atoms with E-state index in [-0.39, 0.29) is 11.6 Å². The van der Waals surface area contributed by atoms with Crippen LogP contribution in [0.5, 0.6) is 0 Å². The molecule has 0 bridgehead atoms. The van der Waals surface area contributed by atoms with Crippen LogP contribution in [0.2, 0.25) is 0 Å². The van der Waals surface area contributed by atoms with Gasteiger partial charge in [-0.3, -0.25) is 0 Å². The van der Waals surface area contributed by atoms with Crippen LogP contribution < -0.4 is 0 Å². The molecule has 0 unspecified atom stereocenters. The fraction of sp³-hybridized carbons (Fsp3) is 0.769. The summed E-state index contributed by atoms with van der Waals surface area (Å²) >= 11 is 0. The van der Waals surface area contributed by atoms with Crippen LogP contribution in [0.4, 0.5) is 0 Å². The molecule has 0 atom stereocenters. The quantitative estimate of drug-likeness (QED) is 0.495. The minimum atomic E-state index is -0.376. The maximum absolute atomic E-state index is 11.5. The van der Waals surface area contributed by atoms with Gasteiger partial charge in [-0.2, -0.15) is 0 Å². The van der Waals surface area contributed by atoms with Crippen LogP contribution in [0.15, 0.2) is 12.2 Å². The van der Waals surface area contributed by atoms with Gasteiger partial charge in [0.15, 0.2) is 0 Å². The van der Waals surface area contributed by atoms with Crippen molar-refractivity contribution in [2.24, 2.45) is 5.92 Å². The summed E-state index contributed by atoms with van der Waals surface area (Å²) < 4.78 is 5.40. The Morgan fingerprint density at radius 1 is 1.40 bits per heavy atom. The zero-order valence-electron chi connectivity index (χ0n) is 10.7. The van der Waals surface area contributed by atoms with E-state index >= 15 is 0 Å². The number of hydrogen-bond donors (Lipinski definition) is 0. The maximum atomic E-state index is 11.5. The molecule has 88 valence electrons. The number of carbonyl (C=O) groups excluding carboxylic acids is 1. The SMILES string of the molecule is C=C(CC)C(=O)OC(C)(C)CCC(C)C. The second-order valence-electron chi connectivity index (χ2n) is 5.04. The summed E-state index contributed by atoms with van der Waals surface area (Å²) in [4.78, 5) is 11.5. The lowest BCUT2D eigenvalue weighted by atomic mass is 9.97. The summed E-state index contributed by atoms with van der Waals surface area (Å²) in [6.07, 6.45) is 2.62. The molecular weight excluding hydrogens is 188 g/mol. The fourth-order valence-electron chi connectivity index (χ4n) is 1.15. The second-order valence-corrected chi connectivity index (χ2v) is 5.04. The van der Waals surface area contributed by atoms with Gasteiger partial charge in [-0.1, -0.05) is 27.4 Å². The molecule has 2 heteroatoms. The number of rotatable bonds is 6. The molecule has 0 aromatic heterocycles. The largest absolute Gasteiger partial charge is 0.456 e. The van der Waals surface area contributed by atoms with E-state index in [1.165, 1.54) is 0 Å². The molecule has 0 aromatic carbocycles. The summed E-state index contributed by atoms with van der Waals surface area (Å²) in [5.74, 6) is 0.378. The predicted molar refractivity (Wildman–Crippen MR) is 63.7 cm³/mol. The van der Waals surface area contributed by atoms with Crippen LogP contribution in [0, 0.1) is 5.92 Å². The molecule has 0 saturated carbocycles. The van der Waals surface area contributed by atoms with Crippen LogP contribution in [0.25, 0.3) is 0 Å². The second kappa shape index (κ2) is 5.94. The summed E-state index contributed by atoms with van der Waals surface area (Å²) in [6.45, 7) is 13.8. The first-order valence-corrected chi connectivity index (χ1v) is 5.69. The normalized spacial score (nSPS) is 11.6. The zero-order valence-corrected chi connectivity index (χ0v) is 10.7. The Kier molecular flexibility index (Phi) is 5.63. The molecule has 0 saturated heterocycles. The van der Waals surface area contributed by atoms with Crippen LogP contribution >= 0.6 is 0 Å². The first-order valence-electron chi connectivity index (χ1n) is 5.69. The van der Waals surface area contributed by atoms with E-state index in [4.69, 9.17) is 4.74 Å². The van der Waals surface area contributed by atoms with Crippen molar-refractivity contribution in [1.82, 2.24) is 0 Å². The van der Waals surface area contributed by atoms with Gasteiger partial charge >= 0.3 is 5.97 Å². The van der Waals surface area contributed by atoms with E-state index in [1.54, 1.807) is 0 Å². The van der Waals surface area contributed by atoms with E-state index in [0.717, 1.165) is 12.8 Å². The molecule has 0 spiro atoms. The highest BCUT2D eigenvalue weighted by Gasteiger charge is 2.23. The summed E-state index contributed by atoms with van der Waals surface area (Å²) in [7, 11) is 0. The number of esters is 1. The third-order valence-electron chi connectivity index (χ3n) is 2.41. The standard InChI is InChI=1S/C13H24O2/c1-7-11(4)12(14)15-13(5,6)9-8-10(2)3/h10H,4,7-9H2,1-3,5-6H3. The summed E-state index contributed by atoms with van der Waals surface area (Å²) in [5, 5.41) is 0. The molecule has 0 amide bonds. The van der Waals surface area contributed by atoms with Crippen molar-refractivity contribution in [3.05, 3.63) is 12.2 Å². The van der Waals surface area contributed by atoms with Gasteiger partial charge in [-0.05, 0) is 39.0 Å². The van der Waals surface area contributed by atoms with Gasteiger partial charge in [0, 0.05) is 5.57 Å². The molecule has 0 aromatic rings. The van der Waals surface area contributed by atoms with E-state index in [1.807, 2.05) is 20.8 Å². The monoisotopic (exact) mass is 212 g/mol. The van der Waals surface area contributed by atoms with E-state index in [9.17, 15) is 4.79 Å². The van der Waals surface area contributed by atoms with Gasteiger partial charge in [-0.15, -0.1) is 0 Å². The average molecular weight is 212 g/mol. The van der Waals surface area contributed by atoms with Gasteiger partial charge in [0.1, 0.15) is 5.60 Å². The number of hydrogen-bond acceptors (Lipinski definition) is 2. The molecule has 15 heavy (non-hydrogen) atoms. The Balaban J connectivity index is 4.13. The molecule has 0 aliphatic heterocycles. The van der Waals surface area contributed by atoms with Crippen LogP contribution in [0.1, 0.15) is 53.9 Å². The first-order chi connectivity index (χ1) is 6.78. The molecule has 0 radical (unpaired) electrons. The van der Waals surface area contributed by atoms with Crippen LogP contribution in [-0.2, 0) is 9.53 Å². The highest BCUT2D eigenvalue weighted by Crippen LogP contribution is 2.21. The minimum Gasteiger partial charge on any atom is -0.456 e. The maximum Gasteiger partial charge on any atom is 0.333 e. The topological polar surface area (TPSA) is 26.3 Å². The molecule has 2 nitrogen and oxygen atoms in total. The Morgan fingerprint density at radius 3 is 2.33 bits per heavy atom. The van der Waals surface area contributed by atoms with Gasteiger partial charge in [0.05, 0.1) is 0 Å². The van der Waals surface area contributed by atoms with Gasteiger partial charge in [-0.25, -0.2) is 4.79 Å². The smallest absolute Gasteiger partial charge is 0.333 e.